The zero-order valence-corrected chi connectivity index (χ0v) is 14.4. The molecule has 0 bridgehead atoms. The van der Waals surface area contributed by atoms with Gasteiger partial charge in [0.05, 0.1) is 18.0 Å². The molecule has 0 aliphatic carbocycles. The molecule has 1 aliphatic heterocycles. The molecule has 3 rings (SSSR count). The van der Waals surface area contributed by atoms with Gasteiger partial charge in [-0.25, -0.2) is 14.2 Å². The van der Waals surface area contributed by atoms with Crippen LogP contribution in [0, 0.1) is 5.82 Å². The van der Waals surface area contributed by atoms with Crippen LogP contribution < -0.4 is 10.6 Å². The largest absolute Gasteiger partial charge is 0.383 e. The van der Waals surface area contributed by atoms with Gasteiger partial charge in [0.2, 0.25) is 0 Å². The molecule has 1 aliphatic rings. The first-order chi connectivity index (χ1) is 12.1. The number of anilines is 1. The van der Waals surface area contributed by atoms with Crippen LogP contribution in [0.4, 0.5) is 14.3 Å². The van der Waals surface area contributed by atoms with Crippen molar-refractivity contribution in [1.29, 1.82) is 0 Å². The summed E-state index contributed by atoms with van der Waals surface area (Å²) in [6.07, 6.45) is 0. The summed E-state index contributed by atoms with van der Waals surface area (Å²) in [7, 11) is 1.55. The van der Waals surface area contributed by atoms with E-state index in [4.69, 9.17) is 4.74 Å². The summed E-state index contributed by atoms with van der Waals surface area (Å²) in [4.78, 5) is 30.8. The number of ether oxygens (including phenoxy) is 1. The van der Waals surface area contributed by atoms with Crippen molar-refractivity contribution in [2.75, 3.05) is 25.6 Å². The molecule has 132 valence electrons. The fraction of sp³-hybridized carbons (Fsp3) is 0.312. The van der Waals surface area contributed by atoms with Crippen LogP contribution in [0.2, 0.25) is 0 Å². The molecule has 0 fully saturated rings. The first kappa shape index (κ1) is 17.3. The molecule has 0 atom stereocenters. The lowest BCUT2D eigenvalue weighted by Gasteiger charge is -2.15. The molecule has 25 heavy (non-hydrogen) atoms. The maximum Gasteiger partial charge on any atom is 0.321 e. The lowest BCUT2D eigenvalue weighted by atomic mass is 10.2. The maximum atomic E-state index is 13.0. The molecule has 1 aromatic carbocycles. The summed E-state index contributed by atoms with van der Waals surface area (Å²) in [5, 5.41) is 5.61. The van der Waals surface area contributed by atoms with Gasteiger partial charge in [-0.15, -0.1) is 0 Å². The molecule has 3 amide bonds. The predicted octanol–water partition coefficient (Wildman–Crippen LogP) is 2.21. The minimum absolute atomic E-state index is 0.191. The minimum atomic E-state index is -0.389. The molecule has 9 heteroatoms. The van der Waals surface area contributed by atoms with Crippen LogP contribution >= 0.6 is 11.3 Å². The highest BCUT2D eigenvalue weighted by atomic mass is 32.1. The Hall–Kier alpha value is -2.52. The number of halogens is 1. The van der Waals surface area contributed by atoms with E-state index in [1.165, 1.54) is 23.5 Å². The van der Waals surface area contributed by atoms with E-state index < -0.39 is 0 Å². The Morgan fingerprint density at radius 3 is 2.84 bits per heavy atom. The van der Waals surface area contributed by atoms with Crippen LogP contribution in [-0.4, -0.2) is 42.1 Å². The van der Waals surface area contributed by atoms with E-state index in [1.807, 2.05) is 0 Å². The summed E-state index contributed by atoms with van der Waals surface area (Å²) in [6.45, 7) is 1.62. The van der Waals surface area contributed by atoms with E-state index in [1.54, 1.807) is 24.1 Å². The smallest absolute Gasteiger partial charge is 0.321 e. The molecule has 0 radical (unpaired) electrons. The Morgan fingerprint density at radius 2 is 2.16 bits per heavy atom. The van der Waals surface area contributed by atoms with Crippen LogP contribution in [0.3, 0.4) is 0 Å². The van der Waals surface area contributed by atoms with Gasteiger partial charge < -0.3 is 15.0 Å². The lowest BCUT2D eigenvalue weighted by Crippen LogP contribution is -2.31. The van der Waals surface area contributed by atoms with Crippen molar-refractivity contribution in [2.45, 2.75) is 13.1 Å². The molecule has 2 aromatic rings. The number of hydrogen-bond acceptors (Lipinski definition) is 5. The minimum Gasteiger partial charge on any atom is -0.383 e. The van der Waals surface area contributed by atoms with Gasteiger partial charge in [0.25, 0.3) is 5.91 Å². The van der Waals surface area contributed by atoms with Gasteiger partial charge in [-0.1, -0.05) is 23.5 Å². The third-order valence-corrected chi connectivity index (χ3v) is 4.58. The number of nitrogens with one attached hydrogen (secondary N) is 2. The Bertz CT molecular complexity index is 778. The summed E-state index contributed by atoms with van der Waals surface area (Å²) < 4.78 is 17.8. The molecule has 0 unspecified atom stereocenters. The van der Waals surface area contributed by atoms with E-state index in [2.05, 4.69) is 15.6 Å². The van der Waals surface area contributed by atoms with Crippen LogP contribution in [0.1, 0.15) is 20.9 Å². The topological polar surface area (TPSA) is 83.6 Å². The van der Waals surface area contributed by atoms with E-state index in [0.29, 0.717) is 37.1 Å². The monoisotopic (exact) mass is 364 g/mol. The summed E-state index contributed by atoms with van der Waals surface area (Å²) in [5.41, 5.74) is 1.21. The average Bonchev–Trinajstić information content (AvgIpc) is 3.09. The van der Waals surface area contributed by atoms with Crippen molar-refractivity contribution in [3.8, 4) is 0 Å². The number of carbonyl (C=O) groups excluding carboxylic acids is 2. The van der Waals surface area contributed by atoms with E-state index in [0.717, 1.165) is 10.4 Å². The van der Waals surface area contributed by atoms with Crippen LogP contribution in [0.5, 0.6) is 0 Å². The van der Waals surface area contributed by atoms with Gasteiger partial charge in [-0.3, -0.25) is 10.1 Å². The van der Waals surface area contributed by atoms with Crippen LogP contribution in [0.15, 0.2) is 24.3 Å². The Balaban J connectivity index is 1.59. The number of hydrogen-bond donors (Lipinski definition) is 2. The quantitative estimate of drug-likeness (QED) is 0.770. The number of rotatable bonds is 6. The Labute approximate surface area is 147 Å². The molecule has 2 heterocycles. The molecule has 0 saturated heterocycles. The third kappa shape index (κ3) is 4.12. The Kier molecular flexibility index (Phi) is 5.25. The number of amides is 3. The highest BCUT2D eigenvalue weighted by Crippen LogP contribution is 2.31. The van der Waals surface area contributed by atoms with E-state index in [9.17, 15) is 14.0 Å². The van der Waals surface area contributed by atoms with Crippen molar-refractivity contribution in [1.82, 2.24) is 15.2 Å². The zero-order chi connectivity index (χ0) is 17.8. The normalized spacial score (nSPS) is 13.0. The van der Waals surface area contributed by atoms with Gasteiger partial charge in [-0.05, 0) is 17.7 Å². The van der Waals surface area contributed by atoms with Crippen LogP contribution in [-0.2, 0) is 17.8 Å². The fourth-order valence-electron chi connectivity index (χ4n) is 2.42. The third-order valence-electron chi connectivity index (χ3n) is 3.62. The Morgan fingerprint density at radius 1 is 1.40 bits per heavy atom. The van der Waals surface area contributed by atoms with Gasteiger partial charge in [0.15, 0.2) is 5.13 Å². The number of thiazole rings is 1. The second-order valence-corrected chi connectivity index (χ2v) is 6.54. The van der Waals surface area contributed by atoms with Crippen LogP contribution in [0.25, 0.3) is 0 Å². The van der Waals surface area contributed by atoms with E-state index in [-0.39, 0.29) is 17.8 Å². The van der Waals surface area contributed by atoms with Gasteiger partial charge >= 0.3 is 6.03 Å². The second-order valence-electron chi connectivity index (χ2n) is 5.45. The molecule has 7 nitrogen and oxygen atoms in total. The van der Waals surface area contributed by atoms with Gasteiger partial charge in [0, 0.05) is 20.2 Å². The maximum absolute atomic E-state index is 13.0. The standard InChI is InChI=1S/C16H17FN4O3S/c1-24-7-6-18-15(23)20-16-19-13-12(25-16)9-21(14(13)22)8-10-2-4-11(17)5-3-10/h2-5H,6-9H2,1H3,(H2,18,19,20,23). The van der Waals surface area contributed by atoms with Gasteiger partial charge in [-0.2, -0.15) is 0 Å². The van der Waals surface area contributed by atoms with Gasteiger partial charge in [0.1, 0.15) is 11.5 Å². The molecule has 0 saturated carbocycles. The first-order valence-corrected chi connectivity index (χ1v) is 8.45. The van der Waals surface area contributed by atoms with Crippen molar-refractivity contribution in [2.24, 2.45) is 0 Å². The van der Waals surface area contributed by atoms with Crippen molar-refractivity contribution < 1.29 is 18.7 Å². The number of nitrogens with zero attached hydrogens (tertiary/aromatic N) is 2. The van der Waals surface area contributed by atoms with Crippen molar-refractivity contribution in [3.05, 3.63) is 46.2 Å². The number of urea groups is 1. The van der Waals surface area contributed by atoms with Crippen molar-refractivity contribution >= 4 is 28.4 Å². The summed E-state index contributed by atoms with van der Waals surface area (Å²) in [6, 6.07) is 5.65. The predicted molar refractivity (Wildman–Crippen MR) is 91.0 cm³/mol. The van der Waals surface area contributed by atoms with Crippen molar-refractivity contribution in [3.63, 3.8) is 0 Å². The molecule has 1 aromatic heterocycles. The molecular formula is C16H17FN4O3S. The van der Waals surface area contributed by atoms with E-state index >= 15 is 0 Å². The summed E-state index contributed by atoms with van der Waals surface area (Å²) in [5.74, 6) is -0.500. The number of carbonyl (C=O) groups is 2. The average molecular weight is 364 g/mol. The number of fused-ring (bicyclic) bond motifs is 1. The molecular weight excluding hydrogens is 347 g/mol. The number of benzene rings is 1. The fourth-order valence-corrected chi connectivity index (χ4v) is 3.38. The first-order valence-electron chi connectivity index (χ1n) is 7.64. The highest BCUT2D eigenvalue weighted by Gasteiger charge is 2.32. The number of aromatic nitrogens is 1. The SMILES string of the molecule is COCCNC(=O)Nc1nc2c(s1)CN(Cc1ccc(F)cc1)C2=O. The number of methoxy groups -OCH3 is 1. The molecule has 0 spiro atoms. The lowest BCUT2D eigenvalue weighted by molar-refractivity contribution is 0.0762. The highest BCUT2D eigenvalue weighted by molar-refractivity contribution is 7.16. The second kappa shape index (κ2) is 7.58. The zero-order valence-electron chi connectivity index (χ0n) is 13.5. The molecule has 2 N–H and O–H groups in total. The summed E-state index contributed by atoms with van der Waals surface area (Å²) >= 11 is 1.27.